The van der Waals surface area contributed by atoms with E-state index in [4.69, 9.17) is 34.8 Å². The highest BCUT2D eigenvalue weighted by Gasteiger charge is 1.96. The predicted octanol–water partition coefficient (Wildman–Crippen LogP) is 5.67. The summed E-state index contributed by atoms with van der Waals surface area (Å²) < 4.78 is 0. The minimum absolute atomic E-state index is 0.586. The summed E-state index contributed by atoms with van der Waals surface area (Å²) in [5.41, 5.74) is 4.61. The van der Waals surface area contributed by atoms with Crippen molar-refractivity contribution >= 4 is 51.7 Å². The van der Waals surface area contributed by atoms with E-state index in [0.717, 1.165) is 11.3 Å². The van der Waals surface area contributed by atoms with Crippen LogP contribution in [-0.2, 0) is 0 Å². The highest BCUT2D eigenvalue weighted by atomic mass is 35.5. The van der Waals surface area contributed by atoms with Crippen molar-refractivity contribution < 1.29 is 0 Å². The Morgan fingerprint density at radius 3 is 2.05 bits per heavy atom. The van der Waals surface area contributed by atoms with Gasteiger partial charge in [-0.25, -0.2) is 0 Å². The smallest absolute Gasteiger partial charge is 0.0562 e. The first kappa shape index (κ1) is 14.9. The molecular formula is C15H11Cl3N2. The number of anilines is 1. The zero-order valence-corrected chi connectivity index (χ0v) is 12.6. The number of nitrogens with zero attached hydrogens (tertiary/aromatic N) is 1. The van der Waals surface area contributed by atoms with Crippen LogP contribution in [0.2, 0.25) is 10.0 Å². The topological polar surface area (TPSA) is 24.4 Å². The second-order valence-corrected chi connectivity index (χ2v) is 5.20. The van der Waals surface area contributed by atoms with Gasteiger partial charge in [0, 0.05) is 21.3 Å². The molecule has 102 valence electrons. The van der Waals surface area contributed by atoms with Crippen molar-refractivity contribution in [2.75, 3.05) is 5.43 Å². The maximum absolute atomic E-state index is 6.14. The number of benzene rings is 2. The molecule has 0 saturated heterocycles. The van der Waals surface area contributed by atoms with Crippen LogP contribution in [0.15, 0.2) is 59.7 Å². The molecule has 5 heteroatoms. The van der Waals surface area contributed by atoms with Gasteiger partial charge in [0.15, 0.2) is 0 Å². The Bertz CT molecular complexity index is 617. The van der Waals surface area contributed by atoms with E-state index in [0.29, 0.717) is 15.1 Å². The third-order valence-electron chi connectivity index (χ3n) is 2.45. The first-order valence-corrected chi connectivity index (χ1v) is 6.95. The summed E-state index contributed by atoms with van der Waals surface area (Å²) in [7, 11) is 0. The van der Waals surface area contributed by atoms with E-state index in [1.54, 1.807) is 36.6 Å². The molecular weight excluding hydrogens is 315 g/mol. The first-order chi connectivity index (χ1) is 9.65. The molecule has 0 fully saturated rings. The largest absolute Gasteiger partial charge is 0.279 e. The van der Waals surface area contributed by atoms with Crippen LogP contribution >= 0.6 is 34.8 Å². The summed E-state index contributed by atoms with van der Waals surface area (Å²) in [5, 5.41) is 6.00. The summed E-state index contributed by atoms with van der Waals surface area (Å²) >= 11 is 17.7. The van der Waals surface area contributed by atoms with Crippen molar-refractivity contribution in [1.82, 2.24) is 0 Å². The van der Waals surface area contributed by atoms with Crippen LogP contribution < -0.4 is 5.43 Å². The lowest BCUT2D eigenvalue weighted by molar-refractivity contribution is 1.36. The van der Waals surface area contributed by atoms with Gasteiger partial charge >= 0.3 is 0 Å². The molecule has 2 nitrogen and oxygen atoms in total. The van der Waals surface area contributed by atoms with E-state index in [1.807, 2.05) is 24.3 Å². The molecule has 1 N–H and O–H groups in total. The summed E-state index contributed by atoms with van der Waals surface area (Å²) in [6.45, 7) is 0. The van der Waals surface area contributed by atoms with Crippen molar-refractivity contribution in [1.29, 1.82) is 0 Å². The number of hydrogen-bond donors (Lipinski definition) is 1. The standard InChI is InChI=1S/C15H11Cl3N2/c16-12-3-1-11(2-4-12)15(18)9-10-19-20-14-7-5-13(17)6-8-14/h1-10,20H. The highest BCUT2D eigenvalue weighted by molar-refractivity contribution is 6.49. The summed E-state index contributed by atoms with van der Waals surface area (Å²) in [4.78, 5) is 0. The van der Waals surface area contributed by atoms with Crippen molar-refractivity contribution in [2.24, 2.45) is 5.10 Å². The molecule has 2 aromatic carbocycles. The third-order valence-corrected chi connectivity index (χ3v) is 3.30. The van der Waals surface area contributed by atoms with Crippen LogP contribution in [0, 0.1) is 0 Å². The number of hydrazone groups is 1. The van der Waals surface area contributed by atoms with Crippen molar-refractivity contribution in [3.05, 3.63) is 70.2 Å². The van der Waals surface area contributed by atoms with E-state index in [2.05, 4.69) is 10.5 Å². The second-order valence-electron chi connectivity index (χ2n) is 3.92. The molecule has 2 aromatic rings. The molecule has 20 heavy (non-hydrogen) atoms. The molecule has 0 atom stereocenters. The average Bonchev–Trinajstić information content (AvgIpc) is 2.46. The van der Waals surface area contributed by atoms with Gasteiger partial charge in [-0.3, -0.25) is 5.43 Å². The minimum Gasteiger partial charge on any atom is -0.279 e. The molecule has 0 unspecified atom stereocenters. The number of halogens is 3. The molecule has 0 aromatic heterocycles. The number of allylic oxidation sites excluding steroid dienone is 1. The predicted molar refractivity (Wildman–Crippen MR) is 88.8 cm³/mol. The normalized spacial score (nSPS) is 11.8. The SMILES string of the molecule is ClC(=CC=NNc1ccc(Cl)cc1)c1ccc(Cl)cc1. The molecule has 0 aliphatic heterocycles. The number of hydrogen-bond acceptors (Lipinski definition) is 2. The lowest BCUT2D eigenvalue weighted by atomic mass is 10.2. The van der Waals surface area contributed by atoms with Crippen LogP contribution in [0.25, 0.3) is 5.03 Å². The monoisotopic (exact) mass is 324 g/mol. The van der Waals surface area contributed by atoms with Gasteiger partial charge in [0.25, 0.3) is 0 Å². The Morgan fingerprint density at radius 2 is 1.45 bits per heavy atom. The summed E-state index contributed by atoms with van der Waals surface area (Å²) in [6, 6.07) is 14.5. The van der Waals surface area contributed by atoms with Gasteiger partial charge < -0.3 is 0 Å². The molecule has 0 bridgehead atoms. The average molecular weight is 326 g/mol. The van der Waals surface area contributed by atoms with Gasteiger partial charge in [-0.15, -0.1) is 0 Å². The Kier molecular flexibility index (Phi) is 5.48. The molecule has 0 radical (unpaired) electrons. The lowest BCUT2D eigenvalue weighted by Crippen LogP contribution is -1.87. The van der Waals surface area contributed by atoms with Gasteiger partial charge in [0.2, 0.25) is 0 Å². The molecule has 2 rings (SSSR count). The fourth-order valence-corrected chi connectivity index (χ4v) is 1.88. The van der Waals surface area contributed by atoms with Gasteiger partial charge in [0.05, 0.1) is 5.69 Å². The van der Waals surface area contributed by atoms with Gasteiger partial charge in [-0.05, 0) is 48.0 Å². The molecule has 0 amide bonds. The fourth-order valence-electron chi connectivity index (χ4n) is 1.44. The number of rotatable bonds is 4. The third kappa shape index (κ3) is 4.57. The van der Waals surface area contributed by atoms with Gasteiger partial charge in [-0.1, -0.05) is 46.9 Å². The highest BCUT2D eigenvalue weighted by Crippen LogP contribution is 2.20. The maximum Gasteiger partial charge on any atom is 0.0562 e. The quantitative estimate of drug-likeness (QED) is 0.568. The summed E-state index contributed by atoms with van der Waals surface area (Å²) in [5.74, 6) is 0. The molecule has 0 saturated carbocycles. The zero-order chi connectivity index (χ0) is 14.4. The Labute approximate surface area is 132 Å². The van der Waals surface area contributed by atoms with E-state index in [1.165, 1.54) is 0 Å². The first-order valence-electron chi connectivity index (χ1n) is 5.81. The van der Waals surface area contributed by atoms with Crippen molar-refractivity contribution in [2.45, 2.75) is 0 Å². The fraction of sp³-hybridized carbons (Fsp3) is 0. The molecule has 0 spiro atoms. The van der Waals surface area contributed by atoms with E-state index < -0.39 is 0 Å². The van der Waals surface area contributed by atoms with Crippen molar-refractivity contribution in [3.8, 4) is 0 Å². The van der Waals surface area contributed by atoms with Crippen LogP contribution in [0.4, 0.5) is 5.69 Å². The molecule has 0 aliphatic rings. The maximum atomic E-state index is 6.14. The van der Waals surface area contributed by atoms with Crippen LogP contribution in [0.5, 0.6) is 0 Å². The summed E-state index contributed by atoms with van der Waals surface area (Å²) in [6.07, 6.45) is 3.29. The Balaban J connectivity index is 1.96. The van der Waals surface area contributed by atoms with Crippen LogP contribution in [0.3, 0.4) is 0 Å². The number of nitrogens with one attached hydrogen (secondary N) is 1. The van der Waals surface area contributed by atoms with Crippen LogP contribution in [-0.4, -0.2) is 6.21 Å². The molecule has 0 heterocycles. The van der Waals surface area contributed by atoms with Crippen LogP contribution in [0.1, 0.15) is 5.56 Å². The second kappa shape index (κ2) is 7.34. The van der Waals surface area contributed by atoms with E-state index in [9.17, 15) is 0 Å². The Hall–Kier alpha value is -1.48. The van der Waals surface area contributed by atoms with Gasteiger partial charge in [0.1, 0.15) is 0 Å². The van der Waals surface area contributed by atoms with E-state index >= 15 is 0 Å². The zero-order valence-electron chi connectivity index (χ0n) is 10.4. The van der Waals surface area contributed by atoms with Crippen molar-refractivity contribution in [3.63, 3.8) is 0 Å². The van der Waals surface area contributed by atoms with Gasteiger partial charge in [-0.2, -0.15) is 5.10 Å². The Morgan fingerprint density at radius 1 is 0.900 bits per heavy atom. The minimum atomic E-state index is 0.586. The molecule has 0 aliphatic carbocycles. The lowest BCUT2D eigenvalue weighted by Gasteiger charge is -1.99. The van der Waals surface area contributed by atoms with E-state index in [-0.39, 0.29) is 0 Å².